The molecular formula is C13H29N3. The molecule has 0 radical (unpaired) electrons. The summed E-state index contributed by atoms with van der Waals surface area (Å²) in [5.74, 6) is 0. The van der Waals surface area contributed by atoms with Gasteiger partial charge in [-0.25, -0.2) is 0 Å². The normalized spacial score (nSPS) is 22.3. The monoisotopic (exact) mass is 227 g/mol. The minimum atomic E-state index is 0.656. The van der Waals surface area contributed by atoms with E-state index in [0.717, 1.165) is 12.6 Å². The molecule has 96 valence electrons. The molecule has 0 bridgehead atoms. The topological polar surface area (TPSA) is 18.5 Å². The Hall–Kier alpha value is -0.120. The van der Waals surface area contributed by atoms with Crippen LogP contribution in [-0.4, -0.2) is 62.2 Å². The van der Waals surface area contributed by atoms with Crippen LogP contribution in [0.2, 0.25) is 0 Å². The Balaban J connectivity index is 2.31. The fraction of sp³-hybridized carbons (Fsp3) is 1.00. The molecule has 1 aliphatic heterocycles. The van der Waals surface area contributed by atoms with Crippen molar-refractivity contribution < 1.29 is 0 Å². The summed E-state index contributed by atoms with van der Waals surface area (Å²) >= 11 is 0. The Morgan fingerprint density at radius 3 is 2.44 bits per heavy atom. The molecule has 1 rings (SSSR count). The molecule has 0 spiro atoms. The van der Waals surface area contributed by atoms with Crippen LogP contribution in [0.15, 0.2) is 0 Å². The van der Waals surface area contributed by atoms with Gasteiger partial charge in [-0.3, -0.25) is 4.90 Å². The van der Waals surface area contributed by atoms with E-state index in [0.29, 0.717) is 6.04 Å². The second-order valence-corrected chi connectivity index (χ2v) is 5.54. The lowest BCUT2D eigenvalue weighted by atomic mass is 10.0. The molecule has 0 aromatic carbocycles. The second-order valence-electron chi connectivity index (χ2n) is 5.54. The molecule has 0 aromatic rings. The summed E-state index contributed by atoms with van der Waals surface area (Å²) in [4.78, 5) is 4.87. The Kier molecular flexibility index (Phi) is 6.32. The van der Waals surface area contributed by atoms with Crippen molar-refractivity contribution in [2.24, 2.45) is 0 Å². The molecule has 1 saturated heterocycles. The standard InChI is InChI=1S/C13H29N3/c1-12(2)16(10-9-15(3)4)11-13-7-5-6-8-14-13/h12-14H,5-11H2,1-4H3. The summed E-state index contributed by atoms with van der Waals surface area (Å²) in [5, 5.41) is 3.64. The van der Waals surface area contributed by atoms with Crippen LogP contribution in [0.5, 0.6) is 0 Å². The molecule has 0 aromatic heterocycles. The minimum Gasteiger partial charge on any atom is -0.313 e. The van der Waals surface area contributed by atoms with Gasteiger partial charge in [0.15, 0.2) is 0 Å². The lowest BCUT2D eigenvalue weighted by Crippen LogP contribution is -2.47. The average molecular weight is 227 g/mol. The maximum atomic E-state index is 3.64. The highest BCUT2D eigenvalue weighted by Gasteiger charge is 2.18. The van der Waals surface area contributed by atoms with Crippen LogP contribution >= 0.6 is 0 Å². The molecule has 0 aliphatic carbocycles. The molecule has 1 N–H and O–H groups in total. The number of likely N-dealkylation sites (N-methyl/N-ethyl adjacent to an activating group) is 1. The van der Waals surface area contributed by atoms with Gasteiger partial charge in [-0.15, -0.1) is 0 Å². The maximum Gasteiger partial charge on any atom is 0.0195 e. The van der Waals surface area contributed by atoms with E-state index in [1.807, 2.05) is 0 Å². The van der Waals surface area contributed by atoms with Crippen molar-refractivity contribution in [2.75, 3.05) is 40.3 Å². The third-order valence-corrected chi connectivity index (χ3v) is 3.43. The maximum absolute atomic E-state index is 3.64. The second kappa shape index (κ2) is 7.25. The Bertz CT molecular complexity index is 174. The van der Waals surface area contributed by atoms with E-state index in [1.165, 1.54) is 38.9 Å². The highest BCUT2D eigenvalue weighted by Crippen LogP contribution is 2.10. The zero-order valence-corrected chi connectivity index (χ0v) is 11.5. The average Bonchev–Trinajstić information content (AvgIpc) is 2.25. The predicted molar refractivity (Wildman–Crippen MR) is 70.9 cm³/mol. The van der Waals surface area contributed by atoms with E-state index >= 15 is 0 Å². The predicted octanol–water partition coefficient (Wildman–Crippen LogP) is 1.40. The van der Waals surface area contributed by atoms with Crippen LogP contribution < -0.4 is 5.32 Å². The van der Waals surface area contributed by atoms with Crippen molar-refractivity contribution in [3.05, 3.63) is 0 Å². The number of rotatable bonds is 6. The highest BCUT2D eigenvalue weighted by molar-refractivity contribution is 4.77. The first kappa shape index (κ1) is 13.9. The summed E-state index contributed by atoms with van der Waals surface area (Å²) < 4.78 is 0. The minimum absolute atomic E-state index is 0.656. The molecule has 0 saturated carbocycles. The quantitative estimate of drug-likeness (QED) is 0.740. The molecule has 1 aliphatic rings. The first-order valence-corrected chi connectivity index (χ1v) is 6.71. The van der Waals surface area contributed by atoms with Gasteiger partial charge < -0.3 is 10.2 Å². The van der Waals surface area contributed by atoms with Crippen LogP contribution in [0.1, 0.15) is 33.1 Å². The zero-order chi connectivity index (χ0) is 12.0. The summed E-state index contributed by atoms with van der Waals surface area (Å²) in [6, 6.07) is 1.38. The van der Waals surface area contributed by atoms with Gasteiger partial charge in [0, 0.05) is 31.7 Å². The smallest absolute Gasteiger partial charge is 0.0195 e. The zero-order valence-electron chi connectivity index (χ0n) is 11.5. The van der Waals surface area contributed by atoms with Gasteiger partial charge in [-0.05, 0) is 47.3 Å². The van der Waals surface area contributed by atoms with Crippen LogP contribution in [0, 0.1) is 0 Å². The summed E-state index contributed by atoms with van der Waals surface area (Å²) in [5.41, 5.74) is 0. The Morgan fingerprint density at radius 2 is 1.94 bits per heavy atom. The van der Waals surface area contributed by atoms with Crippen molar-refractivity contribution in [2.45, 2.75) is 45.2 Å². The van der Waals surface area contributed by atoms with Crippen molar-refractivity contribution in [3.63, 3.8) is 0 Å². The van der Waals surface area contributed by atoms with Gasteiger partial charge in [0.05, 0.1) is 0 Å². The number of hydrogen-bond acceptors (Lipinski definition) is 3. The van der Waals surface area contributed by atoms with Crippen LogP contribution in [0.25, 0.3) is 0 Å². The molecule has 1 heterocycles. The van der Waals surface area contributed by atoms with Gasteiger partial charge in [0.25, 0.3) is 0 Å². The van der Waals surface area contributed by atoms with E-state index in [2.05, 4.69) is 43.1 Å². The molecule has 0 amide bonds. The van der Waals surface area contributed by atoms with Gasteiger partial charge in [-0.1, -0.05) is 6.42 Å². The van der Waals surface area contributed by atoms with Crippen molar-refractivity contribution in [1.29, 1.82) is 0 Å². The Labute approximate surface area is 101 Å². The number of nitrogens with zero attached hydrogens (tertiary/aromatic N) is 2. The SMILES string of the molecule is CC(C)N(CCN(C)C)CC1CCCCN1. The number of nitrogens with one attached hydrogen (secondary N) is 1. The summed E-state index contributed by atoms with van der Waals surface area (Å²) in [7, 11) is 4.30. The van der Waals surface area contributed by atoms with E-state index in [4.69, 9.17) is 0 Å². The van der Waals surface area contributed by atoms with E-state index in [-0.39, 0.29) is 0 Å². The van der Waals surface area contributed by atoms with Crippen LogP contribution in [0.3, 0.4) is 0 Å². The summed E-state index contributed by atoms with van der Waals surface area (Å²) in [6.07, 6.45) is 4.11. The highest BCUT2D eigenvalue weighted by atomic mass is 15.2. The number of piperidine rings is 1. The number of hydrogen-bond donors (Lipinski definition) is 1. The molecule has 1 atom stereocenters. The molecule has 3 nitrogen and oxygen atoms in total. The molecule has 16 heavy (non-hydrogen) atoms. The van der Waals surface area contributed by atoms with Gasteiger partial charge in [-0.2, -0.15) is 0 Å². The fourth-order valence-corrected chi connectivity index (χ4v) is 2.25. The lowest BCUT2D eigenvalue weighted by molar-refractivity contribution is 0.170. The molecule has 1 fully saturated rings. The molecule has 3 heteroatoms. The van der Waals surface area contributed by atoms with E-state index in [9.17, 15) is 0 Å². The van der Waals surface area contributed by atoms with Crippen LogP contribution in [-0.2, 0) is 0 Å². The van der Waals surface area contributed by atoms with E-state index < -0.39 is 0 Å². The van der Waals surface area contributed by atoms with Gasteiger partial charge >= 0.3 is 0 Å². The summed E-state index contributed by atoms with van der Waals surface area (Å²) in [6.45, 7) is 9.38. The van der Waals surface area contributed by atoms with E-state index in [1.54, 1.807) is 0 Å². The third-order valence-electron chi connectivity index (χ3n) is 3.43. The Morgan fingerprint density at radius 1 is 1.19 bits per heavy atom. The largest absolute Gasteiger partial charge is 0.313 e. The van der Waals surface area contributed by atoms with Crippen LogP contribution in [0.4, 0.5) is 0 Å². The van der Waals surface area contributed by atoms with Gasteiger partial charge in [0.1, 0.15) is 0 Å². The van der Waals surface area contributed by atoms with Crippen molar-refractivity contribution in [1.82, 2.24) is 15.1 Å². The fourth-order valence-electron chi connectivity index (χ4n) is 2.25. The molecule has 1 unspecified atom stereocenters. The van der Waals surface area contributed by atoms with Crippen molar-refractivity contribution >= 4 is 0 Å². The lowest BCUT2D eigenvalue weighted by Gasteiger charge is -2.33. The third kappa shape index (κ3) is 5.28. The molecular weight excluding hydrogens is 198 g/mol. The van der Waals surface area contributed by atoms with Gasteiger partial charge in [0.2, 0.25) is 0 Å². The van der Waals surface area contributed by atoms with Crippen molar-refractivity contribution in [3.8, 4) is 0 Å². The first-order valence-electron chi connectivity index (χ1n) is 6.71. The first-order chi connectivity index (χ1) is 7.59.